The minimum atomic E-state index is -2.62. The van der Waals surface area contributed by atoms with Gasteiger partial charge < -0.3 is 4.90 Å². The molecule has 0 bridgehead atoms. The minimum absolute atomic E-state index is 0.884. The van der Waals surface area contributed by atoms with Crippen LogP contribution >= 0.6 is 0 Å². The lowest BCUT2D eigenvalue weighted by Crippen LogP contribution is -1.85. The molecule has 0 amide bonds. The van der Waals surface area contributed by atoms with Crippen LogP contribution in [0.15, 0.2) is 0 Å². The first kappa shape index (κ1) is 8.87. The molecule has 1 heterocycles. The van der Waals surface area contributed by atoms with Crippen molar-refractivity contribution >= 4 is 10.9 Å². The van der Waals surface area contributed by atoms with Gasteiger partial charge in [-0.25, -0.2) is 13.6 Å². The summed E-state index contributed by atoms with van der Waals surface area (Å²) in [4.78, 5) is 2.29. The normalized spacial score (nSPS) is 31.1. The second-order valence-electron chi connectivity index (χ2n) is 2.07. The summed E-state index contributed by atoms with van der Waals surface area (Å²) >= 11 is 0. The van der Waals surface area contributed by atoms with Crippen LogP contribution in [0, 0.1) is 0 Å². The van der Waals surface area contributed by atoms with Crippen molar-refractivity contribution in [3.63, 3.8) is 0 Å². The van der Waals surface area contributed by atoms with Crippen LogP contribution in [0.2, 0.25) is 0 Å². The fourth-order valence-electron chi connectivity index (χ4n) is 0.370. The molecule has 0 aromatic rings. The average Bonchev–Trinajstić information content (AvgIpc) is 2.16. The van der Waals surface area contributed by atoms with E-state index in [1.54, 1.807) is 0 Å². The lowest BCUT2D eigenvalue weighted by Gasteiger charge is -1.75. The van der Waals surface area contributed by atoms with Gasteiger partial charge in [0, 0.05) is 12.6 Å². The molecule has 0 aliphatic carbocycles. The van der Waals surface area contributed by atoms with Crippen LogP contribution in [0.1, 0.15) is 6.92 Å². The number of hydrogen-bond acceptors (Lipinski definition) is 3. The smallest absolute Gasteiger partial charge is 0.198 e. The molecule has 0 aromatic carbocycles. The molecule has 1 rings (SSSR count). The lowest BCUT2D eigenvalue weighted by atomic mass is 10.6. The summed E-state index contributed by atoms with van der Waals surface area (Å²) in [5.74, 6) is 0. The average molecular weight is 152 g/mol. The van der Waals surface area contributed by atoms with Gasteiger partial charge in [-0.2, -0.15) is 0 Å². The third-order valence-electron chi connectivity index (χ3n) is 1.17. The van der Waals surface area contributed by atoms with Crippen molar-refractivity contribution in [2.75, 3.05) is 13.6 Å². The largest absolute Gasteiger partial charge is 0.301 e. The molecule has 56 valence electrons. The molecule has 1 saturated heterocycles. The fraction of sp³-hybridized carbons (Fsp3) is 1.00. The maximum absolute atomic E-state index is 8.81. The van der Waals surface area contributed by atoms with E-state index >= 15 is 0 Å². The van der Waals surface area contributed by atoms with Crippen molar-refractivity contribution in [2.24, 2.45) is 5.14 Å². The first-order valence-corrected chi connectivity index (χ1v) is 3.88. The van der Waals surface area contributed by atoms with Gasteiger partial charge in [0.05, 0.1) is 0 Å². The van der Waals surface area contributed by atoms with Gasteiger partial charge in [-0.3, -0.25) is 0 Å². The molecular formula is C4H12N2O2S. The van der Waals surface area contributed by atoms with E-state index in [1.807, 2.05) is 0 Å². The quantitative estimate of drug-likeness (QED) is 0.338. The van der Waals surface area contributed by atoms with Crippen molar-refractivity contribution in [3.05, 3.63) is 0 Å². The molecule has 4 nitrogen and oxygen atoms in total. The summed E-state index contributed by atoms with van der Waals surface area (Å²) in [6.45, 7) is 3.53. The monoisotopic (exact) mass is 152 g/mol. The molecule has 0 aromatic heterocycles. The Hall–Kier alpha value is -0.130. The van der Waals surface area contributed by atoms with E-state index in [2.05, 4.69) is 24.0 Å². The van der Waals surface area contributed by atoms with E-state index in [1.165, 1.54) is 6.54 Å². The number of nitrogens with two attached hydrogens (primary N) is 1. The Morgan fingerprint density at radius 1 is 1.67 bits per heavy atom. The summed E-state index contributed by atoms with van der Waals surface area (Å²) in [6, 6.07) is 0.884. The Kier molecular flexibility index (Phi) is 3.76. The number of likely N-dealkylation sites (N-methyl/N-ethyl adjacent to an activating group) is 1. The molecule has 0 spiro atoms. The zero-order chi connectivity index (χ0) is 7.44. The zero-order valence-electron chi connectivity index (χ0n) is 5.57. The molecule has 2 unspecified atom stereocenters. The van der Waals surface area contributed by atoms with Gasteiger partial charge in [-0.1, -0.05) is 0 Å². The van der Waals surface area contributed by atoms with Gasteiger partial charge in [-0.05, 0) is 14.0 Å². The topological polar surface area (TPSA) is 63.2 Å². The van der Waals surface area contributed by atoms with Crippen molar-refractivity contribution in [3.8, 4) is 0 Å². The number of hydrogen-bond donors (Lipinski definition) is 2. The molecule has 2 atom stereocenters. The van der Waals surface area contributed by atoms with Crippen molar-refractivity contribution in [1.29, 1.82) is 0 Å². The highest BCUT2D eigenvalue weighted by molar-refractivity contribution is 7.69. The Morgan fingerprint density at radius 3 is 1.78 bits per heavy atom. The van der Waals surface area contributed by atoms with Crippen molar-refractivity contribution in [1.82, 2.24) is 4.90 Å². The minimum Gasteiger partial charge on any atom is -0.301 e. The summed E-state index contributed by atoms with van der Waals surface area (Å²) in [5, 5.41) is 4.06. The second kappa shape index (κ2) is 3.81. The highest BCUT2D eigenvalue weighted by Gasteiger charge is 2.22. The van der Waals surface area contributed by atoms with Crippen LogP contribution in [-0.2, 0) is 10.9 Å². The first-order chi connectivity index (χ1) is 4.04. The highest BCUT2D eigenvalue weighted by Crippen LogP contribution is 2.09. The van der Waals surface area contributed by atoms with E-state index in [-0.39, 0.29) is 0 Å². The van der Waals surface area contributed by atoms with Crippen LogP contribution in [-0.4, -0.2) is 33.0 Å². The van der Waals surface area contributed by atoms with E-state index in [4.69, 9.17) is 8.42 Å². The third kappa shape index (κ3) is 7.87. The van der Waals surface area contributed by atoms with Gasteiger partial charge >= 0.3 is 0 Å². The number of nitrogens with zero attached hydrogens (tertiary/aromatic N) is 1. The maximum atomic E-state index is 8.81. The predicted octanol–water partition coefficient (Wildman–Crippen LogP) is -1.21. The summed E-state index contributed by atoms with van der Waals surface area (Å²) < 4.78 is 17.6. The molecule has 1 aliphatic rings. The summed E-state index contributed by atoms with van der Waals surface area (Å²) in [5.41, 5.74) is 0. The number of rotatable bonds is 0. The molecule has 0 radical (unpaired) electrons. The maximum Gasteiger partial charge on any atom is 0.198 e. The van der Waals surface area contributed by atoms with Crippen LogP contribution in [0.5, 0.6) is 0 Å². The van der Waals surface area contributed by atoms with Gasteiger partial charge in [0.1, 0.15) is 0 Å². The van der Waals surface area contributed by atoms with E-state index in [0.29, 0.717) is 0 Å². The lowest BCUT2D eigenvalue weighted by molar-refractivity contribution is 0.616. The SMILES string of the molecule is CC1CN1C.N[SH](=O)=O. The molecule has 9 heavy (non-hydrogen) atoms. The fourth-order valence-corrected chi connectivity index (χ4v) is 0.370. The van der Waals surface area contributed by atoms with Gasteiger partial charge in [-0.15, -0.1) is 0 Å². The second-order valence-corrected chi connectivity index (χ2v) is 2.64. The van der Waals surface area contributed by atoms with Crippen molar-refractivity contribution < 1.29 is 8.42 Å². The van der Waals surface area contributed by atoms with Crippen LogP contribution in [0.25, 0.3) is 0 Å². The zero-order valence-corrected chi connectivity index (χ0v) is 6.47. The molecule has 0 saturated carbocycles. The molecule has 1 fully saturated rings. The number of thiol groups is 1. The molecule has 1 aliphatic heterocycles. The predicted molar refractivity (Wildman–Crippen MR) is 36.6 cm³/mol. The Morgan fingerprint density at radius 2 is 1.78 bits per heavy atom. The van der Waals surface area contributed by atoms with Gasteiger partial charge in [0.25, 0.3) is 0 Å². The third-order valence-corrected chi connectivity index (χ3v) is 1.17. The molecule has 5 heteroatoms. The Labute approximate surface area is 56.7 Å². The van der Waals surface area contributed by atoms with Gasteiger partial charge in [0.2, 0.25) is 0 Å². The molecular weight excluding hydrogens is 140 g/mol. The first-order valence-electron chi connectivity index (χ1n) is 2.63. The van der Waals surface area contributed by atoms with E-state index in [0.717, 1.165) is 6.04 Å². The Bertz CT molecular complexity index is 132. The summed E-state index contributed by atoms with van der Waals surface area (Å²) in [6.07, 6.45) is 0. The Balaban J connectivity index is 0.000000148. The summed E-state index contributed by atoms with van der Waals surface area (Å²) in [7, 11) is -0.491. The van der Waals surface area contributed by atoms with Crippen LogP contribution in [0.3, 0.4) is 0 Å². The van der Waals surface area contributed by atoms with Crippen LogP contribution in [0.4, 0.5) is 0 Å². The van der Waals surface area contributed by atoms with Crippen molar-refractivity contribution in [2.45, 2.75) is 13.0 Å². The highest BCUT2D eigenvalue weighted by atomic mass is 32.2. The van der Waals surface area contributed by atoms with E-state index in [9.17, 15) is 0 Å². The van der Waals surface area contributed by atoms with Gasteiger partial charge in [0.15, 0.2) is 10.9 Å². The standard InChI is InChI=1S/C4H9N.H3NO2S/c1-4-3-5(4)2;1-4(2)3/h4H,3H2,1-2H3;4H,(H2,1,2,3). The molecule has 2 N–H and O–H groups in total. The van der Waals surface area contributed by atoms with Crippen LogP contribution < -0.4 is 5.14 Å². The van der Waals surface area contributed by atoms with E-state index < -0.39 is 10.9 Å².